The standard InChI is InChI=1S/C9H10O2/c1-2-7-5-3-4-6-8(7)9(10)11/h1H,3-6H2,(H,10,11). The van der Waals surface area contributed by atoms with Crippen LogP contribution >= 0.6 is 0 Å². The fourth-order valence-corrected chi connectivity index (χ4v) is 1.30. The predicted octanol–water partition coefficient (Wildman–Crippen LogP) is 1.57. The lowest BCUT2D eigenvalue weighted by Crippen LogP contribution is -2.07. The summed E-state index contributed by atoms with van der Waals surface area (Å²) in [7, 11) is 0. The average molecular weight is 150 g/mol. The Morgan fingerprint density at radius 2 is 2.09 bits per heavy atom. The van der Waals surface area contributed by atoms with E-state index in [4.69, 9.17) is 11.5 Å². The fraction of sp³-hybridized carbons (Fsp3) is 0.444. The van der Waals surface area contributed by atoms with Gasteiger partial charge in [-0.1, -0.05) is 5.92 Å². The molecule has 0 aromatic rings. The molecular weight excluding hydrogens is 140 g/mol. The van der Waals surface area contributed by atoms with Crippen molar-refractivity contribution in [2.45, 2.75) is 25.7 Å². The number of hydrogen-bond donors (Lipinski definition) is 1. The van der Waals surface area contributed by atoms with Crippen molar-refractivity contribution < 1.29 is 9.90 Å². The lowest BCUT2D eigenvalue weighted by Gasteiger charge is -2.12. The summed E-state index contributed by atoms with van der Waals surface area (Å²) in [6.07, 6.45) is 8.53. The molecule has 2 nitrogen and oxygen atoms in total. The second-order valence-electron chi connectivity index (χ2n) is 2.61. The number of rotatable bonds is 1. The Bertz CT molecular complexity index is 243. The lowest BCUT2D eigenvalue weighted by atomic mass is 9.92. The molecule has 0 fully saturated rings. The van der Waals surface area contributed by atoms with E-state index < -0.39 is 5.97 Å². The number of terminal acetylenes is 1. The van der Waals surface area contributed by atoms with Gasteiger partial charge in [0.2, 0.25) is 0 Å². The monoisotopic (exact) mass is 150 g/mol. The molecule has 1 N–H and O–H groups in total. The molecule has 0 aromatic carbocycles. The number of carbonyl (C=O) groups is 1. The van der Waals surface area contributed by atoms with Gasteiger partial charge in [0.25, 0.3) is 0 Å². The average Bonchev–Trinajstić information content (AvgIpc) is 2.04. The van der Waals surface area contributed by atoms with Gasteiger partial charge in [0.1, 0.15) is 0 Å². The highest BCUT2D eigenvalue weighted by Gasteiger charge is 2.16. The molecule has 58 valence electrons. The van der Waals surface area contributed by atoms with Crippen molar-refractivity contribution in [2.75, 3.05) is 0 Å². The lowest BCUT2D eigenvalue weighted by molar-refractivity contribution is -0.132. The maximum Gasteiger partial charge on any atom is 0.332 e. The van der Waals surface area contributed by atoms with Crippen molar-refractivity contribution in [1.82, 2.24) is 0 Å². The SMILES string of the molecule is C#CC1=C(C(=O)O)CCCC1. The highest BCUT2D eigenvalue weighted by molar-refractivity contribution is 5.88. The molecule has 0 heterocycles. The molecule has 11 heavy (non-hydrogen) atoms. The summed E-state index contributed by atoms with van der Waals surface area (Å²) >= 11 is 0. The van der Waals surface area contributed by atoms with Crippen LogP contribution in [-0.2, 0) is 4.79 Å². The summed E-state index contributed by atoms with van der Waals surface area (Å²) in [5.41, 5.74) is 1.13. The Hall–Kier alpha value is -1.23. The van der Waals surface area contributed by atoms with Gasteiger partial charge in [-0.05, 0) is 25.7 Å². The van der Waals surface area contributed by atoms with Crippen LogP contribution in [0.15, 0.2) is 11.1 Å². The maximum atomic E-state index is 10.6. The largest absolute Gasteiger partial charge is 0.478 e. The van der Waals surface area contributed by atoms with Gasteiger partial charge < -0.3 is 5.11 Å². The van der Waals surface area contributed by atoms with Crippen LogP contribution in [0.4, 0.5) is 0 Å². The summed E-state index contributed by atoms with van der Waals surface area (Å²) in [6, 6.07) is 0. The van der Waals surface area contributed by atoms with Gasteiger partial charge in [-0.3, -0.25) is 0 Å². The van der Waals surface area contributed by atoms with E-state index in [1.807, 2.05) is 0 Å². The van der Waals surface area contributed by atoms with E-state index in [0.29, 0.717) is 17.6 Å². The number of hydrogen-bond acceptors (Lipinski definition) is 1. The normalized spacial score (nSPS) is 17.7. The van der Waals surface area contributed by atoms with Gasteiger partial charge >= 0.3 is 5.97 Å². The fourth-order valence-electron chi connectivity index (χ4n) is 1.30. The Balaban J connectivity index is 2.93. The van der Waals surface area contributed by atoms with E-state index in [-0.39, 0.29) is 0 Å². The number of carboxylic acids is 1. The third-order valence-corrected chi connectivity index (χ3v) is 1.90. The minimum absolute atomic E-state index is 0.443. The molecule has 0 saturated carbocycles. The van der Waals surface area contributed by atoms with Gasteiger partial charge in [-0.15, -0.1) is 6.42 Å². The zero-order chi connectivity index (χ0) is 8.27. The molecule has 0 radical (unpaired) electrons. The molecule has 1 rings (SSSR count). The minimum Gasteiger partial charge on any atom is -0.478 e. The molecule has 0 aromatic heterocycles. The molecule has 0 atom stereocenters. The van der Waals surface area contributed by atoms with Crippen molar-refractivity contribution >= 4 is 5.97 Å². The quantitative estimate of drug-likeness (QED) is 0.576. The predicted molar refractivity (Wildman–Crippen MR) is 42.0 cm³/mol. The molecule has 1 aliphatic carbocycles. The molecule has 0 aliphatic heterocycles. The van der Waals surface area contributed by atoms with Gasteiger partial charge in [-0.25, -0.2) is 4.79 Å². The van der Waals surface area contributed by atoms with Crippen LogP contribution in [0.2, 0.25) is 0 Å². The summed E-state index contributed by atoms with van der Waals surface area (Å²) in [5, 5.41) is 8.69. The van der Waals surface area contributed by atoms with Gasteiger partial charge in [0, 0.05) is 11.1 Å². The Morgan fingerprint density at radius 1 is 1.45 bits per heavy atom. The van der Waals surface area contributed by atoms with Crippen molar-refractivity contribution in [3.05, 3.63) is 11.1 Å². The van der Waals surface area contributed by atoms with Gasteiger partial charge in [-0.2, -0.15) is 0 Å². The summed E-state index contributed by atoms with van der Waals surface area (Å²) < 4.78 is 0. The Labute approximate surface area is 65.9 Å². The van der Waals surface area contributed by atoms with Crippen LogP contribution < -0.4 is 0 Å². The number of allylic oxidation sites excluding steroid dienone is 1. The first kappa shape index (κ1) is 7.87. The molecule has 2 heteroatoms. The van der Waals surface area contributed by atoms with Crippen LogP contribution in [0, 0.1) is 12.3 Å². The van der Waals surface area contributed by atoms with Crippen molar-refractivity contribution in [3.8, 4) is 12.3 Å². The van der Waals surface area contributed by atoms with E-state index in [1.165, 1.54) is 0 Å². The van der Waals surface area contributed by atoms with Crippen molar-refractivity contribution in [2.24, 2.45) is 0 Å². The summed E-state index contributed by atoms with van der Waals surface area (Å²) in [4.78, 5) is 10.6. The van der Waals surface area contributed by atoms with E-state index >= 15 is 0 Å². The second-order valence-corrected chi connectivity index (χ2v) is 2.61. The van der Waals surface area contributed by atoms with E-state index in [1.54, 1.807) is 0 Å². The van der Waals surface area contributed by atoms with Crippen LogP contribution in [-0.4, -0.2) is 11.1 Å². The zero-order valence-electron chi connectivity index (χ0n) is 6.26. The van der Waals surface area contributed by atoms with Gasteiger partial charge in [0.05, 0.1) is 0 Å². The molecule has 0 saturated heterocycles. The highest BCUT2D eigenvalue weighted by atomic mass is 16.4. The number of carboxylic acid groups (broad SMARTS) is 1. The molecule has 1 aliphatic rings. The Kier molecular flexibility index (Phi) is 2.32. The number of aliphatic carboxylic acids is 1. The summed E-state index contributed by atoms with van der Waals surface area (Å²) in [6.45, 7) is 0. The van der Waals surface area contributed by atoms with Crippen molar-refractivity contribution in [3.63, 3.8) is 0 Å². The smallest absolute Gasteiger partial charge is 0.332 e. The Morgan fingerprint density at radius 3 is 2.55 bits per heavy atom. The van der Waals surface area contributed by atoms with Crippen LogP contribution in [0.1, 0.15) is 25.7 Å². The summed E-state index contributed by atoms with van der Waals surface area (Å²) in [5.74, 6) is 1.58. The minimum atomic E-state index is -0.849. The maximum absolute atomic E-state index is 10.6. The first-order chi connectivity index (χ1) is 5.25. The first-order valence-electron chi connectivity index (χ1n) is 3.67. The first-order valence-corrected chi connectivity index (χ1v) is 3.67. The van der Waals surface area contributed by atoms with Crippen LogP contribution in [0.5, 0.6) is 0 Å². The third kappa shape index (κ3) is 1.62. The second kappa shape index (κ2) is 3.25. The molecular formula is C9H10O2. The van der Waals surface area contributed by atoms with Crippen molar-refractivity contribution in [1.29, 1.82) is 0 Å². The molecule has 0 unspecified atom stereocenters. The third-order valence-electron chi connectivity index (χ3n) is 1.90. The highest BCUT2D eigenvalue weighted by Crippen LogP contribution is 2.23. The van der Waals surface area contributed by atoms with Crippen LogP contribution in [0.25, 0.3) is 0 Å². The zero-order valence-corrected chi connectivity index (χ0v) is 6.26. The van der Waals surface area contributed by atoms with Crippen LogP contribution in [0.3, 0.4) is 0 Å². The molecule has 0 amide bonds. The topological polar surface area (TPSA) is 37.3 Å². The molecule has 0 bridgehead atoms. The molecule has 0 spiro atoms. The van der Waals surface area contributed by atoms with Gasteiger partial charge in [0.15, 0.2) is 0 Å². The van der Waals surface area contributed by atoms with E-state index in [0.717, 1.165) is 19.3 Å². The van der Waals surface area contributed by atoms with E-state index in [2.05, 4.69) is 5.92 Å². The van der Waals surface area contributed by atoms with E-state index in [9.17, 15) is 4.79 Å².